The number of hydrogen-bond donors (Lipinski definition) is 1. The zero-order chi connectivity index (χ0) is 15.0. The van der Waals surface area contributed by atoms with E-state index in [1.807, 2.05) is 31.2 Å². The number of rotatable bonds is 3. The normalized spacial score (nSPS) is 11.0. The van der Waals surface area contributed by atoms with Crippen molar-refractivity contribution in [3.8, 4) is 0 Å². The minimum atomic E-state index is -0.156. The van der Waals surface area contributed by atoms with Gasteiger partial charge in [0.05, 0.1) is 16.3 Å². The molecule has 3 rings (SSSR count). The van der Waals surface area contributed by atoms with E-state index in [1.165, 1.54) is 0 Å². The molecule has 4 heteroatoms. The summed E-state index contributed by atoms with van der Waals surface area (Å²) >= 11 is 6.01. The quantitative estimate of drug-likeness (QED) is 0.574. The van der Waals surface area contributed by atoms with Gasteiger partial charge in [0.15, 0.2) is 5.78 Å². The first kappa shape index (κ1) is 13.7. The monoisotopic (exact) mass is 299 g/mol. The van der Waals surface area contributed by atoms with Gasteiger partial charge in [-0.1, -0.05) is 42.8 Å². The van der Waals surface area contributed by atoms with Gasteiger partial charge in [-0.2, -0.15) is 0 Å². The summed E-state index contributed by atoms with van der Waals surface area (Å²) in [6.07, 6.45) is 0.635. The third-order valence-electron chi connectivity index (χ3n) is 3.51. The van der Waals surface area contributed by atoms with Crippen molar-refractivity contribution in [3.63, 3.8) is 0 Å². The van der Waals surface area contributed by atoms with E-state index in [0.717, 1.165) is 5.39 Å². The van der Waals surface area contributed by atoms with E-state index in [1.54, 1.807) is 18.2 Å². The van der Waals surface area contributed by atoms with Crippen LogP contribution in [0.5, 0.6) is 0 Å². The van der Waals surface area contributed by atoms with Gasteiger partial charge in [-0.05, 0) is 18.2 Å². The van der Waals surface area contributed by atoms with Crippen molar-refractivity contribution in [2.45, 2.75) is 13.3 Å². The molecule has 3 aromatic rings. The number of halogens is 1. The lowest BCUT2D eigenvalue weighted by Crippen LogP contribution is -2.07. The second-order valence-corrected chi connectivity index (χ2v) is 5.19. The van der Waals surface area contributed by atoms with Crippen LogP contribution in [0.2, 0.25) is 5.02 Å². The lowest BCUT2D eigenvalue weighted by molar-refractivity contribution is 0.103. The molecule has 0 saturated heterocycles. The zero-order valence-electron chi connectivity index (χ0n) is 11.5. The first-order valence-electron chi connectivity index (χ1n) is 6.72. The SMILES string of the molecule is CCc1oc2ccccc2c1C(=O)c1cccc(Cl)c1N. The third-order valence-corrected chi connectivity index (χ3v) is 3.84. The van der Waals surface area contributed by atoms with Crippen molar-refractivity contribution in [1.82, 2.24) is 0 Å². The van der Waals surface area contributed by atoms with Crippen LogP contribution in [0.3, 0.4) is 0 Å². The molecule has 0 atom stereocenters. The number of anilines is 1. The third kappa shape index (κ3) is 2.20. The van der Waals surface area contributed by atoms with Gasteiger partial charge in [0, 0.05) is 17.4 Å². The number of para-hydroxylation sites is 2. The van der Waals surface area contributed by atoms with Crippen molar-refractivity contribution >= 4 is 34.0 Å². The number of nitrogen functional groups attached to an aromatic ring is 1. The molecule has 2 N–H and O–H groups in total. The van der Waals surface area contributed by atoms with Gasteiger partial charge in [0.1, 0.15) is 11.3 Å². The fourth-order valence-electron chi connectivity index (χ4n) is 2.46. The molecule has 1 heterocycles. The molecule has 0 amide bonds. The average molecular weight is 300 g/mol. The van der Waals surface area contributed by atoms with Gasteiger partial charge in [-0.3, -0.25) is 4.79 Å². The molecule has 3 nitrogen and oxygen atoms in total. The largest absolute Gasteiger partial charge is 0.460 e. The highest BCUT2D eigenvalue weighted by Gasteiger charge is 2.22. The number of ketones is 1. The summed E-state index contributed by atoms with van der Waals surface area (Å²) in [6.45, 7) is 1.95. The van der Waals surface area contributed by atoms with Crippen molar-refractivity contribution < 1.29 is 9.21 Å². The number of carbonyl (C=O) groups is 1. The highest BCUT2D eigenvalue weighted by Crippen LogP contribution is 2.31. The van der Waals surface area contributed by atoms with Gasteiger partial charge in [0.2, 0.25) is 0 Å². The summed E-state index contributed by atoms with van der Waals surface area (Å²) < 4.78 is 5.77. The molecule has 0 aliphatic carbocycles. The Morgan fingerprint density at radius 2 is 1.95 bits per heavy atom. The van der Waals surface area contributed by atoms with Gasteiger partial charge in [0.25, 0.3) is 0 Å². The van der Waals surface area contributed by atoms with Crippen LogP contribution in [0.1, 0.15) is 28.6 Å². The molecule has 0 radical (unpaired) electrons. The number of nitrogens with two attached hydrogens (primary N) is 1. The number of fused-ring (bicyclic) bond motifs is 1. The average Bonchev–Trinajstić information content (AvgIpc) is 2.88. The molecule has 1 aromatic heterocycles. The van der Waals surface area contributed by atoms with Crippen LogP contribution in [0.25, 0.3) is 11.0 Å². The summed E-state index contributed by atoms with van der Waals surface area (Å²) in [4.78, 5) is 12.9. The Hall–Kier alpha value is -2.26. The number of benzene rings is 2. The maximum absolute atomic E-state index is 12.9. The van der Waals surface area contributed by atoms with Crippen LogP contribution in [0.4, 0.5) is 5.69 Å². The Kier molecular flexibility index (Phi) is 3.43. The van der Waals surface area contributed by atoms with E-state index in [2.05, 4.69) is 0 Å². The molecule has 0 aliphatic rings. The molecule has 2 aromatic carbocycles. The Morgan fingerprint density at radius 1 is 1.19 bits per heavy atom. The second-order valence-electron chi connectivity index (χ2n) is 4.78. The predicted molar refractivity (Wildman–Crippen MR) is 84.9 cm³/mol. The Labute approximate surface area is 127 Å². The number of carbonyl (C=O) groups excluding carboxylic acids is 1. The minimum Gasteiger partial charge on any atom is -0.460 e. The van der Waals surface area contributed by atoms with Gasteiger partial charge in [-0.15, -0.1) is 0 Å². The molecule has 0 bridgehead atoms. The number of aryl methyl sites for hydroxylation is 1. The summed E-state index contributed by atoms with van der Waals surface area (Å²) in [5.74, 6) is 0.511. The summed E-state index contributed by atoms with van der Waals surface area (Å²) in [5.41, 5.74) is 7.93. The van der Waals surface area contributed by atoms with E-state index in [0.29, 0.717) is 39.6 Å². The van der Waals surface area contributed by atoms with Crippen LogP contribution >= 0.6 is 11.6 Å². The van der Waals surface area contributed by atoms with Crippen molar-refractivity contribution in [2.24, 2.45) is 0 Å². The fourth-order valence-corrected chi connectivity index (χ4v) is 2.64. The second kappa shape index (κ2) is 5.26. The van der Waals surface area contributed by atoms with Crippen LogP contribution < -0.4 is 5.73 Å². The van der Waals surface area contributed by atoms with Crippen LogP contribution in [-0.4, -0.2) is 5.78 Å². The summed E-state index contributed by atoms with van der Waals surface area (Å²) in [5, 5.41) is 1.19. The maximum atomic E-state index is 12.9. The smallest absolute Gasteiger partial charge is 0.199 e. The predicted octanol–water partition coefficient (Wildman–Crippen LogP) is 4.46. The van der Waals surface area contributed by atoms with Crippen molar-refractivity contribution in [3.05, 3.63) is 64.4 Å². The maximum Gasteiger partial charge on any atom is 0.199 e. The van der Waals surface area contributed by atoms with Crippen LogP contribution in [0.15, 0.2) is 46.9 Å². The lowest BCUT2D eigenvalue weighted by Gasteiger charge is -2.06. The van der Waals surface area contributed by atoms with E-state index in [4.69, 9.17) is 21.8 Å². The Morgan fingerprint density at radius 3 is 2.71 bits per heavy atom. The van der Waals surface area contributed by atoms with Crippen molar-refractivity contribution in [1.29, 1.82) is 0 Å². The summed E-state index contributed by atoms with van der Waals surface area (Å²) in [7, 11) is 0. The molecular formula is C17H14ClNO2. The van der Waals surface area contributed by atoms with Crippen molar-refractivity contribution in [2.75, 3.05) is 5.73 Å². The van der Waals surface area contributed by atoms with Crippen LogP contribution in [0, 0.1) is 0 Å². The van der Waals surface area contributed by atoms with E-state index in [-0.39, 0.29) is 5.78 Å². The molecule has 0 fully saturated rings. The first-order chi connectivity index (χ1) is 10.1. The molecule has 21 heavy (non-hydrogen) atoms. The molecular weight excluding hydrogens is 286 g/mol. The molecule has 0 saturated carbocycles. The first-order valence-corrected chi connectivity index (χ1v) is 7.10. The summed E-state index contributed by atoms with van der Waals surface area (Å²) in [6, 6.07) is 12.6. The lowest BCUT2D eigenvalue weighted by atomic mass is 9.98. The Bertz CT molecular complexity index is 836. The van der Waals surface area contributed by atoms with Gasteiger partial charge < -0.3 is 10.2 Å². The van der Waals surface area contributed by atoms with E-state index >= 15 is 0 Å². The minimum absolute atomic E-state index is 0.156. The highest BCUT2D eigenvalue weighted by atomic mass is 35.5. The molecule has 0 spiro atoms. The number of hydrogen-bond acceptors (Lipinski definition) is 3. The fraction of sp³-hybridized carbons (Fsp3) is 0.118. The standard InChI is InChI=1S/C17H14ClNO2/c1-2-13-15(10-6-3-4-9-14(10)21-13)17(20)11-7-5-8-12(18)16(11)19/h3-9H,2,19H2,1H3. The molecule has 0 unspecified atom stereocenters. The highest BCUT2D eigenvalue weighted by molar-refractivity contribution is 6.34. The number of furan rings is 1. The van der Waals surface area contributed by atoms with Gasteiger partial charge >= 0.3 is 0 Å². The van der Waals surface area contributed by atoms with E-state index < -0.39 is 0 Å². The topological polar surface area (TPSA) is 56.2 Å². The van der Waals surface area contributed by atoms with E-state index in [9.17, 15) is 4.79 Å². The molecule has 0 aliphatic heterocycles. The zero-order valence-corrected chi connectivity index (χ0v) is 12.3. The molecule has 106 valence electrons. The Balaban J connectivity index is 2.24. The van der Waals surface area contributed by atoms with Crippen LogP contribution in [-0.2, 0) is 6.42 Å². The van der Waals surface area contributed by atoms with Gasteiger partial charge in [-0.25, -0.2) is 0 Å².